The van der Waals surface area contributed by atoms with Crippen molar-refractivity contribution < 1.29 is 14.3 Å². The molecule has 0 spiro atoms. The largest absolute Gasteiger partial charge is 0.497 e. The normalized spacial score (nSPS) is 10.6. The summed E-state index contributed by atoms with van der Waals surface area (Å²) in [7, 11) is 3.09. The van der Waals surface area contributed by atoms with Gasteiger partial charge in [0.05, 0.1) is 31.2 Å². The first-order valence-corrected chi connectivity index (χ1v) is 8.84. The van der Waals surface area contributed by atoms with Crippen molar-refractivity contribution in [2.24, 2.45) is 0 Å². The monoisotopic (exact) mass is 370 g/mol. The maximum absolute atomic E-state index is 12.6. The van der Waals surface area contributed by atoms with Crippen LogP contribution in [0.2, 0.25) is 0 Å². The molecule has 134 valence electrons. The number of aryl methyl sites for hydroxylation is 1. The number of carbonyl (C=O) groups excluding carboxylic acids is 1. The van der Waals surface area contributed by atoms with Gasteiger partial charge in [0.1, 0.15) is 11.5 Å². The van der Waals surface area contributed by atoms with Gasteiger partial charge >= 0.3 is 0 Å². The first-order chi connectivity index (χ1) is 12.6. The molecule has 3 rings (SSSR count). The predicted molar refractivity (Wildman–Crippen MR) is 98.5 cm³/mol. The van der Waals surface area contributed by atoms with Gasteiger partial charge in [-0.1, -0.05) is 23.9 Å². The molecule has 0 aliphatic heterocycles. The minimum Gasteiger partial charge on any atom is -0.497 e. The van der Waals surface area contributed by atoms with Crippen molar-refractivity contribution in [3.8, 4) is 17.2 Å². The second kappa shape index (κ2) is 8.01. The third-order valence-electron chi connectivity index (χ3n) is 3.73. The average molecular weight is 370 g/mol. The van der Waals surface area contributed by atoms with E-state index in [0.29, 0.717) is 22.2 Å². The zero-order valence-corrected chi connectivity index (χ0v) is 15.5. The molecule has 0 radical (unpaired) electrons. The summed E-state index contributed by atoms with van der Waals surface area (Å²) in [5, 5.41) is 12.3. The van der Waals surface area contributed by atoms with E-state index in [-0.39, 0.29) is 11.5 Å². The molecule has 2 aromatic carbocycles. The van der Waals surface area contributed by atoms with Gasteiger partial charge in [-0.3, -0.25) is 4.79 Å². The van der Waals surface area contributed by atoms with Crippen LogP contribution in [0, 0.1) is 6.92 Å². The Balaban J connectivity index is 1.76. The number of thioether (sulfide) groups is 1. The summed E-state index contributed by atoms with van der Waals surface area (Å²) < 4.78 is 12.1. The summed E-state index contributed by atoms with van der Waals surface area (Å²) in [6, 6.07) is 13.0. The molecule has 26 heavy (non-hydrogen) atoms. The summed E-state index contributed by atoms with van der Waals surface area (Å²) in [5.74, 6) is 1.23. The standard InChI is InChI=1S/C18H18N4O3S/c1-12-5-4-6-13(9-12)22-18(19-20-21-22)26-11-16(23)15-8-7-14(24-2)10-17(15)25-3/h4-10H,11H2,1-3H3. The Labute approximate surface area is 155 Å². The Bertz CT molecular complexity index is 926. The molecule has 0 fully saturated rings. The molecule has 8 heteroatoms. The van der Waals surface area contributed by atoms with Crippen LogP contribution in [0.1, 0.15) is 15.9 Å². The number of aromatic nitrogens is 4. The van der Waals surface area contributed by atoms with E-state index >= 15 is 0 Å². The van der Waals surface area contributed by atoms with Gasteiger partial charge in [0.2, 0.25) is 5.16 Å². The Hall–Kier alpha value is -2.87. The number of hydrogen-bond donors (Lipinski definition) is 0. The van der Waals surface area contributed by atoms with Crippen molar-refractivity contribution in [2.45, 2.75) is 12.1 Å². The quantitative estimate of drug-likeness (QED) is 0.467. The molecule has 0 aliphatic carbocycles. The summed E-state index contributed by atoms with van der Waals surface area (Å²) in [4.78, 5) is 12.6. The predicted octanol–water partition coefficient (Wildman–Crippen LogP) is 2.96. The fourth-order valence-corrected chi connectivity index (χ4v) is 3.20. The number of nitrogens with zero attached hydrogens (tertiary/aromatic N) is 4. The van der Waals surface area contributed by atoms with Crippen molar-refractivity contribution in [3.63, 3.8) is 0 Å². The molecule has 1 heterocycles. The first-order valence-electron chi connectivity index (χ1n) is 7.86. The van der Waals surface area contributed by atoms with E-state index in [1.54, 1.807) is 30.0 Å². The highest BCUT2D eigenvalue weighted by atomic mass is 32.2. The molecule has 0 atom stereocenters. The molecule has 0 unspecified atom stereocenters. The average Bonchev–Trinajstić information content (AvgIpc) is 3.14. The van der Waals surface area contributed by atoms with Gasteiger partial charge in [0, 0.05) is 6.07 Å². The summed E-state index contributed by atoms with van der Waals surface area (Å²) in [6.45, 7) is 2.00. The number of tetrazole rings is 1. The number of rotatable bonds is 7. The maximum atomic E-state index is 12.6. The fourth-order valence-electron chi connectivity index (χ4n) is 2.43. The van der Waals surface area contributed by atoms with Crippen molar-refractivity contribution >= 4 is 17.5 Å². The molecular weight excluding hydrogens is 352 g/mol. The molecule has 0 aliphatic rings. The molecule has 0 N–H and O–H groups in total. The maximum Gasteiger partial charge on any atom is 0.214 e. The van der Waals surface area contributed by atoms with Crippen LogP contribution >= 0.6 is 11.8 Å². The molecule has 7 nitrogen and oxygen atoms in total. The van der Waals surface area contributed by atoms with Gasteiger partial charge in [-0.25, -0.2) is 0 Å². The van der Waals surface area contributed by atoms with E-state index in [1.807, 2.05) is 31.2 Å². The SMILES string of the molecule is COc1ccc(C(=O)CSc2nnnn2-c2cccc(C)c2)c(OC)c1. The number of hydrogen-bond acceptors (Lipinski definition) is 7. The molecule has 0 amide bonds. The molecule has 0 saturated carbocycles. The van der Waals surface area contributed by atoms with Crippen molar-refractivity contribution in [2.75, 3.05) is 20.0 Å². The number of Topliss-reactive ketones (excluding diaryl/α,β-unsaturated/α-hetero) is 1. The lowest BCUT2D eigenvalue weighted by atomic mass is 10.1. The Morgan fingerprint density at radius 2 is 2.00 bits per heavy atom. The van der Waals surface area contributed by atoms with Crippen molar-refractivity contribution in [3.05, 3.63) is 53.6 Å². The third-order valence-corrected chi connectivity index (χ3v) is 4.65. The topological polar surface area (TPSA) is 79.1 Å². The number of ketones is 1. The lowest BCUT2D eigenvalue weighted by molar-refractivity contribution is 0.101. The van der Waals surface area contributed by atoms with Crippen molar-refractivity contribution in [1.82, 2.24) is 20.2 Å². The number of methoxy groups -OCH3 is 2. The Kier molecular flexibility index (Phi) is 5.52. The highest BCUT2D eigenvalue weighted by molar-refractivity contribution is 7.99. The molecule has 3 aromatic rings. The molecular formula is C18H18N4O3S. The van der Waals surface area contributed by atoms with E-state index < -0.39 is 0 Å². The number of carbonyl (C=O) groups is 1. The lowest BCUT2D eigenvalue weighted by Gasteiger charge is -2.09. The van der Waals surface area contributed by atoms with Crippen LogP contribution in [0.4, 0.5) is 0 Å². The number of ether oxygens (including phenoxy) is 2. The molecule has 1 aromatic heterocycles. The van der Waals surface area contributed by atoms with Gasteiger partial charge in [-0.15, -0.1) is 5.10 Å². The van der Waals surface area contributed by atoms with Crippen LogP contribution in [-0.4, -0.2) is 46.0 Å². The summed E-state index contributed by atoms with van der Waals surface area (Å²) in [5.41, 5.74) is 2.45. The van der Waals surface area contributed by atoms with E-state index in [0.717, 1.165) is 11.3 Å². The van der Waals surface area contributed by atoms with Crippen LogP contribution in [0.15, 0.2) is 47.6 Å². The van der Waals surface area contributed by atoms with E-state index in [1.165, 1.54) is 18.9 Å². The zero-order valence-electron chi connectivity index (χ0n) is 14.7. The van der Waals surface area contributed by atoms with Crippen molar-refractivity contribution in [1.29, 1.82) is 0 Å². The van der Waals surface area contributed by atoms with Gasteiger partial charge in [0.25, 0.3) is 0 Å². The number of benzene rings is 2. The molecule has 0 bridgehead atoms. The Morgan fingerprint density at radius 3 is 2.73 bits per heavy atom. The summed E-state index contributed by atoms with van der Waals surface area (Å²) >= 11 is 1.28. The van der Waals surface area contributed by atoms with Crippen LogP contribution in [0.25, 0.3) is 5.69 Å². The first kappa shape index (κ1) is 17.9. The fraction of sp³-hybridized carbons (Fsp3) is 0.222. The van der Waals surface area contributed by atoms with Gasteiger partial charge in [-0.05, 0) is 47.2 Å². The second-order valence-corrected chi connectivity index (χ2v) is 6.43. The zero-order chi connectivity index (χ0) is 18.5. The van der Waals surface area contributed by atoms with E-state index in [9.17, 15) is 4.79 Å². The lowest BCUT2D eigenvalue weighted by Crippen LogP contribution is -2.07. The summed E-state index contributed by atoms with van der Waals surface area (Å²) in [6.07, 6.45) is 0. The minimum atomic E-state index is -0.0757. The van der Waals surface area contributed by atoms with Gasteiger partial charge < -0.3 is 9.47 Å². The highest BCUT2D eigenvalue weighted by Crippen LogP contribution is 2.27. The second-order valence-electron chi connectivity index (χ2n) is 5.49. The van der Waals surface area contributed by atoms with Crippen LogP contribution in [-0.2, 0) is 0 Å². The van der Waals surface area contributed by atoms with Crippen LogP contribution < -0.4 is 9.47 Å². The highest BCUT2D eigenvalue weighted by Gasteiger charge is 2.16. The van der Waals surface area contributed by atoms with Gasteiger partial charge in [-0.2, -0.15) is 4.68 Å². The van der Waals surface area contributed by atoms with Crippen LogP contribution in [0.3, 0.4) is 0 Å². The minimum absolute atomic E-state index is 0.0757. The smallest absolute Gasteiger partial charge is 0.214 e. The molecule has 0 saturated heterocycles. The third kappa shape index (κ3) is 3.85. The van der Waals surface area contributed by atoms with E-state index in [2.05, 4.69) is 15.5 Å². The van der Waals surface area contributed by atoms with Crippen LogP contribution in [0.5, 0.6) is 11.5 Å². The van der Waals surface area contributed by atoms with Gasteiger partial charge in [0.15, 0.2) is 5.78 Å². The van der Waals surface area contributed by atoms with E-state index in [4.69, 9.17) is 9.47 Å². The Morgan fingerprint density at radius 1 is 1.15 bits per heavy atom.